The number of hydrogen-bond donors (Lipinski definition) is 1. The quantitative estimate of drug-likeness (QED) is 0.874. The zero-order chi connectivity index (χ0) is 11.8. The van der Waals surface area contributed by atoms with Crippen LogP contribution >= 0.6 is 0 Å². The number of aromatic nitrogens is 3. The number of benzene rings is 1. The van der Waals surface area contributed by atoms with Crippen LogP contribution in [0.4, 0.5) is 0 Å². The molecule has 1 aromatic carbocycles. The average Bonchev–Trinajstić information content (AvgIpc) is 2.60. The Labute approximate surface area is 98.0 Å². The third kappa shape index (κ3) is 1.67. The van der Waals surface area contributed by atoms with Gasteiger partial charge >= 0.3 is 5.97 Å². The van der Waals surface area contributed by atoms with E-state index in [0.717, 1.165) is 29.4 Å². The van der Waals surface area contributed by atoms with Gasteiger partial charge in [-0.1, -0.05) is 17.3 Å². The molecule has 88 valence electrons. The summed E-state index contributed by atoms with van der Waals surface area (Å²) in [7, 11) is 0. The van der Waals surface area contributed by atoms with E-state index in [0.29, 0.717) is 6.04 Å². The van der Waals surface area contributed by atoms with Crippen molar-refractivity contribution in [2.24, 2.45) is 0 Å². The molecule has 0 unspecified atom stereocenters. The van der Waals surface area contributed by atoms with Gasteiger partial charge in [0, 0.05) is 0 Å². The Morgan fingerprint density at radius 1 is 1.47 bits per heavy atom. The van der Waals surface area contributed by atoms with E-state index < -0.39 is 5.97 Å². The zero-order valence-electron chi connectivity index (χ0n) is 9.33. The Balaban J connectivity index is 2.13. The molecule has 1 aromatic heterocycles. The summed E-state index contributed by atoms with van der Waals surface area (Å²) in [4.78, 5) is 10.8. The molecule has 1 saturated carbocycles. The highest BCUT2D eigenvalue weighted by Crippen LogP contribution is 2.33. The molecule has 5 heteroatoms. The maximum absolute atomic E-state index is 10.8. The van der Waals surface area contributed by atoms with Crippen LogP contribution in [0.15, 0.2) is 18.2 Å². The number of nitrogens with zero attached hydrogens (tertiary/aromatic N) is 3. The van der Waals surface area contributed by atoms with Gasteiger partial charge in [0.05, 0.1) is 18.0 Å². The predicted octanol–water partition coefficient (Wildman–Crippen LogP) is 1.78. The number of rotatable bonds is 3. The summed E-state index contributed by atoms with van der Waals surface area (Å²) in [6.07, 6.45) is 3.46. The topological polar surface area (TPSA) is 68.0 Å². The summed E-state index contributed by atoms with van der Waals surface area (Å²) in [6, 6.07) is 5.95. The lowest BCUT2D eigenvalue weighted by Gasteiger charge is -2.26. The molecule has 0 spiro atoms. The summed E-state index contributed by atoms with van der Waals surface area (Å²) >= 11 is 0. The molecule has 2 aromatic rings. The average molecular weight is 231 g/mol. The lowest BCUT2D eigenvalue weighted by molar-refractivity contribution is -0.136. The fourth-order valence-corrected chi connectivity index (χ4v) is 2.26. The van der Waals surface area contributed by atoms with Gasteiger partial charge in [-0.15, -0.1) is 5.10 Å². The van der Waals surface area contributed by atoms with E-state index >= 15 is 0 Å². The van der Waals surface area contributed by atoms with Crippen molar-refractivity contribution in [3.05, 3.63) is 23.8 Å². The van der Waals surface area contributed by atoms with E-state index in [4.69, 9.17) is 5.11 Å². The second-order valence-corrected chi connectivity index (χ2v) is 4.47. The second-order valence-electron chi connectivity index (χ2n) is 4.47. The van der Waals surface area contributed by atoms with Gasteiger partial charge in [-0.25, -0.2) is 4.68 Å². The van der Waals surface area contributed by atoms with Gasteiger partial charge in [-0.05, 0) is 30.9 Å². The van der Waals surface area contributed by atoms with Gasteiger partial charge in [-0.3, -0.25) is 4.79 Å². The SMILES string of the molecule is O=C(O)Cc1cccc2nnn(C3CCC3)c12. The summed E-state index contributed by atoms with van der Waals surface area (Å²) in [5.74, 6) is -0.821. The maximum Gasteiger partial charge on any atom is 0.307 e. The fraction of sp³-hybridized carbons (Fsp3) is 0.417. The van der Waals surface area contributed by atoms with Gasteiger partial charge in [-0.2, -0.15) is 0 Å². The van der Waals surface area contributed by atoms with Gasteiger partial charge < -0.3 is 5.11 Å². The summed E-state index contributed by atoms with van der Waals surface area (Å²) in [5.41, 5.74) is 2.47. The van der Waals surface area contributed by atoms with E-state index in [1.54, 1.807) is 0 Å². The van der Waals surface area contributed by atoms with Crippen molar-refractivity contribution in [1.29, 1.82) is 0 Å². The van der Waals surface area contributed by atoms with E-state index in [1.807, 2.05) is 22.9 Å². The summed E-state index contributed by atoms with van der Waals surface area (Å²) < 4.78 is 1.90. The normalized spacial score (nSPS) is 16.0. The van der Waals surface area contributed by atoms with Crippen LogP contribution in [0.1, 0.15) is 30.9 Å². The van der Waals surface area contributed by atoms with E-state index in [2.05, 4.69) is 10.3 Å². The lowest BCUT2D eigenvalue weighted by atomic mass is 9.93. The standard InChI is InChI=1S/C12H13N3O2/c16-11(17)7-8-3-1-6-10-12(8)15(14-13-10)9-4-2-5-9/h1,3,6,9H,2,4-5,7H2,(H,16,17). The minimum Gasteiger partial charge on any atom is -0.481 e. The molecular weight excluding hydrogens is 218 g/mol. The number of para-hydroxylation sites is 1. The first-order valence-corrected chi connectivity index (χ1v) is 5.80. The highest BCUT2D eigenvalue weighted by atomic mass is 16.4. The van der Waals surface area contributed by atoms with Crippen LogP contribution in [0.25, 0.3) is 11.0 Å². The van der Waals surface area contributed by atoms with E-state index in [1.165, 1.54) is 6.42 Å². The predicted molar refractivity (Wildman–Crippen MR) is 61.8 cm³/mol. The number of carboxylic acid groups (broad SMARTS) is 1. The van der Waals surface area contributed by atoms with Crippen molar-refractivity contribution in [3.8, 4) is 0 Å². The maximum atomic E-state index is 10.8. The fourth-order valence-electron chi connectivity index (χ4n) is 2.26. The highest BCUT2D eigenvalue weighted by Gasteiger charge is 2.23. The lowest BCUT2D eigenvalue weighted by Crippen LogP contribution is -2.19. The number of hydrogen-bond acceptors (Lipinski definition) is 3. The van der Waals surface area contributed by atoms with Gasteiger partial charge in [0.15, 0.2) is 0 Å². The molecule has 0 aliphatic heterocycles. The zero-order valence-corrected chi connectivity index (χ0v) is 9.33. The molecule has 1 N–H and O–H groups in total. The second kappa shape index (κ2) is 3.84. The van der Waals surface area contributed by atoms with Crippen molar-refractivity contribution in [2.75, 3.05) is 0 Å². The molecule has 0 radical (unpaired) electrons. The molecule has 1 fully saturated rings. The molecular formula is C12H13N3O2. The molecule has 3 rings (SSSR count). The van der Waals surface area contributed by atoms with Gasteiger partial charge in [0.25, 0.3) is 0 Å². The third-order valence-electron chi connectivity index (χ3n) is 3.34. The van der Waals surface area contributed by atoms with Gasteiger partial charge in [0.1, 0.15) is 5.52 Å². The Hall–Kier alpha value is -1.91. The van der Waals surface area contributed by atoms with Crippen LogP contribution in [0.5, 0.6) is 0 Å². The Bertz CT molecular complexity index is 572. The van der Waals surface area contributed by atoms with Crippen LogP contribution in [0, 0.1) is 0 Å². The van der Waals surface area contributed by atoms with Crippen molar-refractivity contribution in [2.45, 2.75) is 31.7 Å². The Kier molecular flexibility index (Phi) is 2.31. The van der Waals surface area contributed by atoms with Crippen molar-refractivity contribution >= 4 is 17.0 Å². The molecule has 17 heavy (non-hydrogen) atoms. The molecule has 0 atom stereocenters. The molecule has 0 amide bonds. The van der Waals surface area contributed by atoms with Crippen LogP contribution in [0.3, 0.4) is 0 Å². The number of aliphatic carboxylic acids is 1. The third-order valence-corrected chi connectivity index (χ3v) is 3.34. The summed E-state index contributed by atoms with van der Waals surface area (Å²) in [6.45, 7) is 0. The van der Waals surface area contributed by atoms with Crippen LogP contribution in [0.2, 0.25) is 0 Å². The van der Waals surface area contributed by atoms with Crippen LogP contribution in [-0.4, -0.2) is 26.1 Å². The molecule has 0 bridgehead atoms. The molecule has 5 nitrogen and oxygen atoms in total. The Morgan fingerprint density at radius 3 is 2.94 bits per heavy atom. The van der Waals surface area contributed by atoms with Crippen molar-refractivity contribution in [3.63, 3.8) is 0 Å². The number of carboxylic acids is 1. The van der Waals surface area contributed by atoms with Crippen molar-refractivity contribution < 1.29 is 9.90 Å². The van der Waals surface area contributed by atoms with Crippen LogP contribution < -0.4 is 0 Å². The minimum absolute atomic E-state index is 0.0252. The summed E-state index contributed by atoms with van der Waals surface area (Å²) in [5, 5.41) is 17.2. The first-order valence-electron chi connectivity index (χ1n) is 5.80. The largest absolute Gasteiger partial charge is 0.481 e. The minimum atomic E-state index is -0.821. The highest BCUT2D eigenvalue weighted by molar-refractivity contribution is 5.83. The molecule has 1 aliphatic rings. The molecule has 1 aliphatic carbocycles. The van der Waals surface area contributed by atoms with Crippen molar-refractivity contribution in [1.82, 2.24) is 15.0 Å². The Morgan fingerprint density at radius 2 is 2.29 bits per heavy atom. The monoisotopic (exact) mass is 231 g/mol. The first-order chi connectivity index (χ1) is 8.25. The first kappa shape index (κ1) is 10.3. The smallest absolute Gasteiger partial charge is 0.307 e. The van der Waals surface area contributed by atoms with Gasteiger partial charge in [0.2, 0.25) is 0 Å². The number of fused-ring (bicyclic) bond motifs is 1. The van der Waals surface area contributed by atoms with E-state index in [9.17, 15) is 4.79 Å². The van der Waals surface area contributed by atoms with Crippen LogP contribution in [-0.2, 0) is 11.2 Å². The van der Waals surface area contributed by atoms with E-state index in [-0.39, 0.29) is 6.42 Å². The number of carbonyl (C=O) groups is 1. The molecule has 1 heterocycles. The molecule has 0 saturated heterocycles.